The Bertz CT molecular complexity index is 1440. The molecule has 2 amide bonds. The summed E-state index contributed by atoms with van der Waals surface area (Å²) in [5.41, 5.74) is 7.71. The molecule has 0 spiro atoms. The van der Waals surface area contributed by atoms with E-state index in [4.69, 9.17) is 15.2 Å². The zero-order valence-corrected chi connectivity index (χ0v) is 21.8. The molecule has 0 aliphatic heterocycles. The molecule has 2 aromatic heterocycles. The predicted molar refractivity (Wildman–Crippen MR) is 142 cm³/mol. The van der Waals surface area contributed by atoms with Crippen LogP contribution < -0.4 is 21.1 Å². The van der Waals surface area contributed by atoms with Crippen LogP contribution >= 0.6 is 0 Å². The highest BCUT2D eigenvalue weighted by Crippen LogP contribution is 2.41. The van der Waals surface area contributed by atoms with Crippen LogP contribution in [0.2, 0.25) is 0 Å². The molecule has 0 radical (unpaired) electrons. The van der Waals surface area contributed by atoms with Gasteiger partial charge in [-0.05, 0) is 31.7 Å². The molecule has 2 atom stereocenters. The summed E-state index contributed by atoms with van der Waals surface area (Å²) in [7, 11) is 3.22. The lowest BCUT2D eigenvalue weighted by Gasteiger charge is -2.30. The van der Waals surface area contributed by atoms with Gasteiger partial charge in [0.1, 0.15) is 11.8 Å². The number of para-hydroxylation sites is 1. The molecule has 2 heterocycles. The number of methoxy groups -OCH3 is 2. The standard InChI is InChI=1S/C27H30N8O4/c1-38-22-9-4-3-8-21(22)35-14-17(20(13-28)34-35)16-6-5-7-18(25(16)39-2)30-19-12-23(31-27(37)15-10-11-15)32-33-24(19)26(29)36/h5-7,12,14-15,21-22H,3-4,8-11H2,1-2H3,(H2,29,36)(H2,30,31,32,37)/t21-,22-/m1/s1. The second kappa shape index (κ2) is 11.1. The van der Waals surface area contributed by atoms with Crippen LogP contribution in [0.5, 0.6) is 5.75 Å². The number of benzene rings is 1. The molecule has 1 aromatic carbocycles. The van der Waals surface area contributed by atoms with Crippen molar-refractivity contribution in [2.45, 2.75) is 50.7 Å². The normalized spacial score (nSPS) is 18.7. The van der Waals surface area contributed by atoms with Gasteiger partial charge in [-0.2, -0.15) is 10.4 Å². The van der Waals surface area contributed by atoms with Crippen molar-refractivity contribution >= 4 is 29.0 Å². The van der Waals surface area contributed by atoms with Gasteiger partial charge in [0.05, 0.1) is 30.6 Å². The van der Waals surface area contributed by atoms with Crippen LogP contribution in [-0.4, -0.2) is 52.1 Å². The van der Waals surface area contributed by atoms with Crippen molar-refractivity contribution in [2.24, 2.45) is 11.7 Å². The maximum absolute atomic E-state index is 12.2. The molecule has 5 rings (SSSR count). The molecule has 12 nitrogen and oxygen atoms in total. The SMILES string of the molecule is COc1c(Nc2cc(NC(=O)C3CC3)nnc2C(N)=O)cccc1-c1cn([C@@H]2CCCC[C@H]2OC)nc1C#N. The highest BCUT2D eigenvalue weighted by Gasteiger charge is 2.31. The maximum atomic E-state index is 12.2. The van der Waals surface area contributed by atoms with E-state index in [0.717, 1.165) is 38.5 Å². The number of rotatable bonds is 9. The van der Waals surface area contributed by atoms with Gasteiger partial charge in [0, 0.05) is 36.4 Å². The van der Waals surface area contributed by atoms with E-state index in [1.54, 1.807) is 19.2 Å². The minimum absolute atomic E-state index is 0.0222. The fraction of sp³-hybridized carbons (Fsp3) is 0.407. The van der Waals surface area contributed by atoms with Crippen LogP contribution in [0.15, 0.2) is 30.5 Å². The molecule has 39 heavy (non-hydrogen) atoms. The van der Waals surface area contributed by atoms with Gasteiger partial charge in [-0.25, -0.2) is 0 Å². The van der Waals surface area contributed by atoms with Gasteiger partial charge in [-0.3, -0.25) is 14.3 Å². The third kappa shape index (κ3) is 5.39. The summed E-state index contributed by atoms with van der Waals surface area (Å²) in [4.78, 5) is 24.3. The smallest absolute Gasteiger partial charge is 0.271 e. The molecule has 12 heteroatoms. The first-order chi connectivity index (χ1) is 18.9. The van der Waals surface area contributed by atoms with Crippen molar-refractivity contribution in [3.05, 3.63) is 41.9 Å². The summed E-state index contributed by atoms with van der Waals surface area (Å²) in [6.45, 7) is 0. The van der Waals surface area contributed by atoms with E-state index in [1.807, 2.05) is 16.9 Å². The minimum atomic E-state index is -0.784. The molecule has 202 valence electrons. The van der Waals surface area contributed by atoms with Gasteiger partial charge in [0.15, 0.2) is 17.2 Å². The molecule has 2 aliphatic carbocycles. The molecule has 0 unspecified atom stereocenters. The number of amides is 2. The topological polar surface area (TPSA) is 170 Å². The molecule has 2 aliphatic rings. The summed E-state index contributed by atoms with van der Waals surface area (Å²) >= 11 is 0. The number of nitrogens with zero attached hydrogens (tertiary/aromatic N) is 5. The number of anilines is 3. The average Bonchev–Trinajstić information content (AvgIpc) is 3.72. The Morgan fingerprint density at radius 3 is 2.59 bits per heavy atom. The highest BCUT2D eigenvalue weighted by atomic mass is 16.5. The Morgan fingerprint density at radius 2 is 1.90 bits per heavy atom. The number of nitrogens with two attached hydrogens (primary N) is 1. The molecule has 0 saturated heterocycles. The lowest BCUT2D eigenvalue weighted by molar-refractivity contribution is -0.117. The van der Waals surface area contributed by atoms with E-state index >= 15 is 0 Å². The van der Waals surface area contributed by atoms with Crippen molar-refractivity contribution < 1.29 is 19.1 Å². The van der Waals surface area contributed by atoms with Crippen molar-refractivity contribution in [1.82, 2.24) is 20.0 Å². The first-order valence-corrected chi connectivity index (χ1v) is 12.9. The van der Waals surface area contributed by atoms with Crippen LogP contribution in [-0.2, 0) is 9.53 Å². The first-order valence-electron chi connectivity index (χ1n) is 12.9. The van der Waals surface area contributed by atoms with Crippen LogP contribution in [0.4, 0.5) is 17.2 Å². The van der Waals surface area contributed by atoms with Crippen molar-refractivity contribution in [3.63, 3.8) is 0 Å². The average molecular weight is 531 g/mol. The number of carbonyl (C=O) groups is 2. The number of ether oxygens (including phenoxy) is 2. The van der Waals surface area contributed by atoms with Crippen LogP contribution in [0.3, 0.4) is 0 Å². The summed E-state index contributed by atoms with van der Waals surface area (Å²) in [5, 5.41) is 28.2. The van der Waals surface area contributed by atoms with Gasteiger partial charge in [0.2, 0.25) is 5.91 Å². The molecule has 2 fully saturated rings. The van der Waals surface area contributed by atoms with Crippen LogP contribution in [0.1, 0.15) is 60.7 Å². The molecule has 3 aromatic rings. The number of primary amides is 1. The summed E-state index contributed by atoms with van der Waals surface area (Å²) < 4.78 is 13.3. The number of hydrogen-bond acceptors (Lipinski definition) is 9. The Kier molecular flexibility index (Phi) is 7.42. The molecule has 0 bridgehead atoms. The van der Waals surface area contributed by atoms with Gasteiger partial charge >= 0.3 is 0 Å². The van der Waals surface area contributed by atoms with Crippen molar-refractivity contribution in [2.75, 3.05) is 24.9 Å². The number of nitriles is 1. The quantitative estimate of drug-likeness (QED) is 0.374. The zero-order valence-electron chi connectivity index (χ0n) is 21.8. The van der Waals surface area contributed by atoms with Crippen LogP contribution in [0, 0.1) is 17.2 Å². The first kappa shape index (κ1) is 26.1. The monoisotopic (exact) mass is 530 g/mol. The molecule has 4 N–H and O–H groups in total. The largest absolute Gasteiger partial charge is 0.494 e. The van der Waals surface area contributed by atoms with Crippen molar-refractivity contribution in [3.8, 4) is 22.9 Å². The fourth-order valence-corrected chi connectivity index (χ4v) is 5.01. The van der Waals surface area contributed by atoms with Gasteiger partial charge in [0.25, 0.3) is 5.91 Å². The van der Waals surface area contributed by atoms with E-state index in [9.17, 15) is 14.9 Å². The molecule has 2 saturated carbocycles. The summed E-state index contributed by atoms with van der Waals surface area (Å²) in [6, 6.07) is 9.13. The predicted octanol–water partition coefficient (Wildman–Crippen LogP) is 3.54. The number of carbonyl (C=O) groups excluding carboxylic acids is 2. The molecular formula is C27H30N8O4. The second-order valence-corrected chi connectivity index (χ2v) is 9.74. The zero-order chi connectivity index (χ0) is 27.5. The third-order valence-electron chi connectivity index (χ3n) is 7.15. The lowest BCUT2D eigenvalue weighted by Crippen LogP contribution is -2.29. The van der Waals surface area contributed by atoms with Crippen molar-refractivity contribution in [1.29, 1.82) is 5.26 Å². The Labute approximate surface area is 225 Å². The number of aromatic nitrogens is 4. The van der Waals surface area contributed by atoms with Gasteiger partial charge < -0.3 is 25.8 Å². The second-order valence-electron chi connectivity index (χ2n) is 9.74. The van der Waals surface area contributed by atoms with E-state index in [2.05, 4.69) is 32.0 Å². The summed E-state index contributed by atoms with van der Waals surface area (Å²) in [6.07, 6.45) is 7.56. The minimum Gasteiger partial charge on any atom is -0.494 e. The molecular weight excluding hydrogens is 500 g/mol. The fourth-order valence-electron chi connectivity index (χ4n) is 5.01. The third-order valence-corrected chi connectivity index (χ3v) is 7.15. The van der Waals surface area contributed by atoms with E-state index in [0.29, 0.717) is 22.6 Å². The van der Waals surface area contributed by atoms with Gasteiger partial charge in [-0.15, -0.1) is 10.2 Å². The lowest BCUT2D eigenvalue weighted by atomic mass is 9.92. The van der Waals surface area contributed by atoms with E-state index in [1.165, 1.54) is 13.2 Å². The highest BCUT2D eigenvalue weighted by molar-refractivity contribution is 5.99. The Hall–Kier alpha value is -4.50. The van der Waals surface area contributed by atoms with E-state index < -0.39 is 5.91 Å². The van der Waals surface area contributed by atoms with Gasteiger partial charge in [-0.1, -0.05) is 25.0 Å². The number of nitrogens with one attached hydrogen (secondary N) is 2. The summed E-state index contributed by atoms with van der Waals surface area (Å²) in [5.74, 6) is -0.331. The maximum Gasteiger partial charge on any atom is 0.271 e. The van der Waals surface area contributed by atoms with E-state index in [-0.39, 0.29) is 46.9 Å². The number of hydrogen-bond donors (Lipinski definition) is 3. The Balaban J connectivity index is 1.51. The van der Waals surface area contributed by atoms with Crippen LogP contribution in [0.25, 0.3) is 11.1 Å². The Morgan fingerprint density at radius 1 is 1.10 bits per heavy atom.